The molecule has 0 radical (unpaired) electrons. The van der Waals surface area contributed by atoms with Crippen molar-refractivity contribution in [3.63, 3.8) is 0 Å². The molecule has 1 unspecified atom stereocenters. The number of aromatic nitrogens is 2. The van der Waals surface area contributed by atoms with Gasteiger partial charge in [-0.15, -0.1) is 0 Å². The van der Waals surface area contributed by atoms with Crippen LogP contribution in [0.25, 0.3) is 5.69 Å². The molecule has 1 fully saturated rings. The van der Waals surface area contributed by atoms with Crippen molar-refractivity contribution in [3.05, 3.63) is 29.5 Å². The number of likely N-dealkylation sites (tertiary alicyclic amines) is 1. The molecule has 150 valence electrons. The topological polar surface area (TPSA) is 51.6 Å². The van der Waals surface area contributed by atoms with E-state index in [0.29, 0.717) is 19.1 Å². The van der Waals surface area contributed by atoms with Gasteiger partial charge in [-0.05, 0) is 57.3 Å². The second-order valence-corrected chi connectivity index (χ2v) is 8.07. The van der Waals surface area contributed by atoms with Gasteiger partial charge in [0.15, 0.2) is 11.5 Å². The number of ether oxygens (including phenoxy) is 2. The first-order valence-electron chi connectivity index (χ1n) is 10.8. The zero-order valence-corrected chi connectivity index (χ0v) is 16.7. The molecule has 0 amide bonds. The van der Waals surface area contributed by atoms with Crippen LogP contribution in [0.15, 0.2) is 18.2 Å². The van der Waals surface area contributed by atoms with E-state index in [0.717, 1.165) is 43.2 Å². The number of rotatable bonds is 3. The Morgan fingerprint density at radius 3 is 2.93 bits per heavy atom. The Balaban J connectivity index is 1.56. The minimum absolute atomic E-state index is 0.529. The third kappa shape index (κ3) is 3.24. The molecule has 5 rings (SSSR count). The Morgan fingerprint density at radius 2 is 2.04 bits per heavy atom. The number of likely N-dealkylation sites (N-methyl/N-ethyl adjacent to an activating group) is 1. The Morgan fingerprint density at radius 1 is 1.14 bits per heavy atom. The molecule has 3 aliphatic rings. The summed E-state index contributed by atoms with van der Waals surface area (Å²) in [7, 11) is 0. The van der Waals surface area contributed by atoms with Crippen molar-refractivity contribution < 1.29 is 9.47 Å². The molecular weight excluding hydrogens is 352 g/mol. The molecule has 1 saturated heterocycles. The Kier molecular flexibility index (Phi) is 4.89. The van der Waals surface area contributed by atoms with E-state index in [9.17, 15) is 0 Å². The molecule has 0 spiro atoms. The summed E-state index contributed by atoms with van der Waals surface area (Å²) in [5, 5.41) is 8.85. The van der Waals surface area contributed by atoms with Gasteiger partial charge in [0.05, 0.1) is 11.4 Å². The molecule has 6 nitrogen and oxygen atoms in total. The monoisotopic (exact) mass is 382 g/mol. The Hall–Kier alpha value is -2.21. The van der Waals surface area contributed by atoms with Crippen molar-refractivity contribution in [3.8, 4) is 17.2 Å². The van der Waals surface area contributed by atoms with Crippen LogP contribution in [0.3, 0.4) is 0 Å². The number of hydrogen-bond donors (Lipinski definition) is 1. The molecule has 1 aromatic heterocycles. The number of benzene rings is 1. The van der Waals surface area contributed by atoms with Gasteiger partial charge in [0, 0.05) is 30.6 Å². The van der Waals surface area contributed by atoms with E-state index < -0.39 is 0 Å². The highest BCUT2D eigenvalue weighted by Gasteiger charge is 2.29. The van der Waals surface area contributed by atoms with Gasteiger partial charge in [-0.3, -0.25) is 0 Å². The maximum absolute atomic E-state index is 5.81. The third-order valence-electron chi connectivity index (χ3n) is 6.27. The molecule has 3 aliphatic heterocycles. The summed E-state index contributed by atoms with van der Waals surface area (Å²) < 4.78 is 13.6. The van der Waals surface area contributed by atoms with Gasteiger partial charge >= 0.3 is 0 Å². The van der Waals surface area contributed by atoms with Crippen LogP contribution in [-0.2, 0) is 6.42 Å². The number of anilines is 1. The number of hydrogen-bond acceptors (Lipinski definition) is 5. The fourth-order valence-corrected chi connectivity index (χ4v) is 4.77. The van der Waals surface area contributed by atoms with Crippen LogP contribution in [0.2, 0.25) is 0 Å². The van der Waals surface area contributed by atoms with Gasteiger partial charge < -0.3 is 19.7 Å². The summed E-state index contributed by atoms with van der Waals surface area (Å²) in [4.78, 5) is 2.56. The zero-order valence-electron chi connectivity index (χ0n) is 16.7. The summed E-state index contributed by atoms with van der Waals surface area (Å²) >= 11 is 0. The first-order chi connectivity index (χ1) is 13.8. The minimum atomic E-state index is 0.529. The first-order valence-corrected chi connectivity index (χ1v) is 10.8. The van der Waals surface area contributed by atoms with Gasteiger partial charge in [0.1, 0.15) is 19.0 Å². The minimum Gasteiger partial charge on any atom is -0.486 e. The predicted octanol–water partition coefficient (Wildman–Crippen LogP) is 3.59. The second kappa shape index (κ2) is 7.66. The summed E-state index contributed by atoms with van der Waals surface area (Å²) in [5.74, 6) is 3.35. The first kappa shape index (κ1) is 17.9. The van der Waals surface area contributed by atoms with E-state index in [2.05, 4.69) is 34.0 Å². The van der Waals surface area contributed by atoms with Gasteiger partial charge in [0.25, 0.3) is 0 Å². The fraction of sp³-hybridized carbons (Fsp3) is 0.591. The van der Waals surface area contributed by atoms with E-state index >= 15 is 0 Å². The van der Waals surface area contributed by atoms with Crippen LogP contribution in [0.4, 0.5) is 5.82 Å². The van der Waals surface area contributed by atoms with Crippen molar-refractivity contribution in [2.45, 2.75) is 44.9 Å². The molecule has 0 saturated carbocycles. The molecular formula is C22H30N4O2. The SMILES string of the molecule is CCN1CCCC(c2nn(-c3ccc4c(c3)OCCO4)c3c2CCCCN3)C1. The van der Waals surface area contributed by atoms with Gasteiger partial charge in [-0.25, -0.2) is 4.68 Å². The van der Waals surface area contributed by atoms with Crippen molar-refractivity contribution in [1.29, 1.82) is 0 Å². The van der Waals surface area contributed by atoms with Crippen molar-refractivity contribution in [1.82, 2.24) is 14.7 Å². The lowest BCUT2D eigenvalue weighted by molar-refractivity contribution is 0.171. The van der Waals surface area contributed by atoms with Crippen molar-refractivity contribution in [2.24, 2.45) is 0 Å². The standard InChI is InChI=1S/C22H30N4O2/c1-2-25-11-5-6-16(15-25)21-18-7-3-4-10-23-22(18)26(24-21)17-8-9-19-20(14-17)28-13-12-27-19/h8-9,14,16,23H,2-7,10-13,15H2,1H3. The van der Waals surface area contributed by atoms with Gasteiger partial charge in [-0.2, -0.15) is 5.10 Å². The molecule has 0 bridgehead atoms. The highest BCUT2D eigenvalue weighted by atomic mass is 16.6. The molecule has 28 heavy (non-hydrogen) atoms. The molecule has 1 atom stereocenters. The van der Waals surface area contributed by atoms with Crippen LogP contribution in [0, 0.1) is 0 Å². The zero-order chi connectivity index (χ0) is 18.9. The van der Waals surface area contributed by atoms with E-state index in [1.165, 1.54) is 49.3 Å². The summed E-state index contributed by atoms with van der Waals surface area (Å²) in [6.45, 7) is 7.96. The molecule has 0 aliphatic carbocycles. The van der Waals surface area contributed by atoms with Crippen molar-refractivity contribution >= 4 is 5.82 Å². The normalized spacial score (nSPS) is 22.2. The number of nitrogens with one attached hydrogen (secondary N) is 1. The summed E-state index contributed by atoms with van der Waals surface area (Å²) in [5.41, 5.74) is 3.78. The molecule has 2 aromatic rings. The number of nitrogens with zero attached hydrogens (tertiary/aromatic N) is 3. The highest BCUT2D eigenvalue weighted by molar-refractivity contribution is 5.58. The summed E-state index contributed by atoms with van der Waals surface area (Å²) in [6.07, 6.45) is 6.05. The van der Waals surface area contributed by atoms with E-state index in [1.54, 1.807) is 0 Å². The number of fused-ring (bicyclic) bond motifs is 2. The fourth-order valence-electron chi connectivity index (χ4n) is 4.77. The number of piperidine rings is 1. The average Bonchev–Trinajstić information content (AvgIpc) is 2.94. The molecule has 1 aromatic carbocycles. The third-order valence-corrected chi connectivity index (χ3v) is 6.27. The average molecular weight is 383 g/mol. The lowest BCUT2D eigenvalue weighted by atomic mass is 9.91. The van der Waals surface area contributed by atoms with Crippen LogP contribution >= 0.6 is 0 Å². The summed E-state index contributed by atoms with van der Waals surface area (Å²) in [6, 6.07) is 6.17. The van der Waals surface area contributed by atoms with Crippen LogP contribution < -0.4 is 14.8 Å². The maximum atomic E-state index is 5.81. The Bertz CT molecular complexity index is 847. The maximum Gasteiger partial charge on any atom is 0.163 e. The van der Waals surface area contributed by atoms with Crippen molar-refractivity contribution in [2.75, 3.05) is 44.7 Å². The van der Waals surface area contributed by atoms with Gasteiger partial charge in [0.2, 0.25) is 0 Å². The lowest BCUT2D eigenvalue weighted by Gasteiger charge is -2.31. The lowest BCUT2D eigenvalue weighted by Crippen LogP contribution is -2.34. The molecule has 6 heteroatoms. The van der Waals surface area contributed by atoms with Crippen LogP contribution in [-0.4, -0.2) is 54.1 Å². The van der Waals surface area contributed by atoms with E-state index in [-0.39, 0.29) is 0 Å². The Labute approximate surface area is 166 Å². The van der Waals surface area contributed by atoms with Crippen LogP contribution in [0.1, 0.15) is 49.8 Å². The van der Waals surface area contributed by atoms with E-state index in [4.69, 9.17) is 14.6 Å². The highest BCUT2D eigenvalue weighted by Crippen LogP contribution is 2.38. The largest absolute Gasteiger partial charge is 0.486 e. The molecule has 1 N–H and O–H groups in total. The van der Waals surface area contributed by atoms with Crippen LogP contribution in [0.5, 0.6) is 11.5 Å². The smallest absolute Gasteiger partial charge is 0.163 e. The predicted molar refractivity (Wildman–Crippen MR) is 110 cm³/mol. The van der Waals surface area contributed by atoms with E-state index in [1.807, 2.05) is 6.07 Å². The second-order valence-electron chi connectivity index (χ2n) is 8.07. The molecule has 4 heterocycles. The quantitative estimate of drug-likeness (QED) is 0.879. The van der Waals surface area contributed by atoms with Gasteiger partial charge in [-0.1, -0.05) is 6.92 Å².